The fraction of sp³-hybridized carbons (Fsp3) is 0.444. The first-order chi connectivity index (χ1) is 11.2. The fourth-order valence-electron chi connectivity index (χ4n) is 2.91. The maximum absolute atomic E-state index is 13.0. The van der Waals surface area contributed by atoms with Gasteiger partial charge in [0.25, 0.3) is 0 Å². The van der Waals surface area contributed by atoms with Crippen molar-refractivity contribution in [3.63, 3.8) is 0 Å². The van der Waals surface area contributed by atoms with Crippen LogP contribution in [0.2, 0.25) is 0 Å². The Bertz CT molecular complexity index is 608. The SMILES string of the molecule is C=CCN(C[C@H]1CC(c2ccc(F)cc2)=NO1)C(=O)C1CCC1. The molecule has 1 aromatic rings. The molecule has 5 heteroatoms. The average molecular weight is 316 g/mol. The van der Waals surface area contributed by atoms with Gasteiger partial charge in [0.1, 0.15) is 5.82 Å². The van der Waals surface area contributed by atoms with Gasteiger partial charge in [-0.3, -0.25) is 4.79 Å². The van der Waals surface area contributed by atoms with E-state index < -0.39 is 0 Å². The van der Waals surface area contributed by atoms with Crippen molar-refractivity contribution in [3.8, 4) is 0 Å². The number of benzene rings is 1. The molecule has 1 saturated carbocycles. The highest BCUT2D eigenvalue weighted by atomic mass is 19.1. The second-order valence-electron chi connectivity index (χ2n) is 6.14. The Morgan fingerprint density at radius 3 is 2.74 bits per heavy atom. The number of oxime groups is 1. The summed E-state index contributed by atoms with van der Waals surface area (Å²) in [6, 6.07) is 6.21. The van der Waals surface area contributed by atoms with Crippen molar-refractivity contribution in [2.75, 3.05) is 13.1 Å². The third kappa shape index (κ3) is 3.60. The van der Waals surface area contributed by atoms with Gasteiger partial charge >= 0.3 is 0 Å². The van der Waals surface area contributed by atoms with Crippen molar-refractivity contribution in [2.45, 2.75) is 31.8 Å². The molecule has 1 fully saturated rings. The molecule has 0 spiro atoms. The van der Waals surface area contributed by atoms with Gasteiger partial charge in [0.2, 0.25) is 5.91 Å². The topological polar surface area (TPSA) is 41.9 Å². The summed E-state index contributed by atoms with van der Waals surface area (Å²) in [5.41, 5.74) is 1.65. The van der Waals surface area contributed by atoms with Crippen molar-refractivity contribution in [2.24, 2.45) is 11.1 Å². The van der Waals surface area contributed by atoms with E-state index in [1.807, 2.05) is 4.90 Å². The summed E-state index contributed by atoms with van der Waals surface area (Å²) in [5.74, 6) is 0.0805. The summed E-state index contributed by atoms with van der Waals surface area (Å²) in [4.78, 5) is 19.7. The van der Waals surface area contributed by atoms with Crippen molar-refractivity contribution in [3.05, 3.63) is 48.3 Å². The molecule has 0 aromatic heterocycles. The molecule has 3 rings (SSSR count). The van der Waals surface area contributed by atoms with Crippen molar-refractivity contribution < 1.29 is 14.0 Å². The minimum atomic E-state index is -0.270. The molecule has 1 amide bonds. The molecular formula is C18H21FN2O2. The monoisotopic (exact) mass is 316 g/mol. The number of nitrogens with zero attached hydrogens (tertiary/aromatic N) is 2. The molecule has 0 radical (unpaired) electrons. The summed E-state index contributed by atoms with van der Waals surface area (Å²) in [7, 11) is 0. The van der Waals surface area contributed by atoms with E-state index in [0.717, 1.165) is 30.5 Å². The van der Waals surface area contributed by atoms with E-state index in [-0.39, 0.29) is 23.7 Å². The Labute approximate surface area is 135 Å². The highest BCUT2D eigenvalue weighted by Crippen LogP contribution is 2.29. The molecule has 0 bridgehead atoms. The molecular weight excluding hydrogens is 295 g/mol. The molecule has 122 valence electrons. The first kappa shape index (κ1) is 15.7. The zero-order valence-corrected chi connectivity index (χ0v) is 13.1. The lowest BCUT2D eigenvalue weighted by Gasteiger charge is -2.32. The summed E-state index contributed by atoms with van der Waals surface area (Å²) in [5, 5.41) is 4.10. The van der Waals surface area contributed by atoms with Crippen LogP contribution in [0.25, 0.3) is 0 Å². The van der Waals surface area contributed by atoms with Crippen LogP contribution in [0.5, 0.6) is 0 Å². The molecule has 1 aliphatic carbocycles. The number of carbonyl (C=O) groups is 1. The van der Waals surface area contributed by atoms with Crippen LogP contribution in [0.3, 0.4) is 0 Å². The van der Waals surface area contributed by atoms with Crippen LogP contribution in [0.15, 0.2) is 42.1 Å². The summed E-state index contributed by atoms with van der Waals surface area (Å²) in [6.45, 7) is 4.77. The van der Waals surface area contributed by atoms with E-state index in [1.165, 1.54) is 12.1 Å². The van der Waals surface area contributed by atoms with Crippen LogP contribution in [0.4, 0.5) is 4.39 Å². The first-order valence-electron chi connectivity index (χ1n) is 8.05. The van der Waals surface area contributed by atoms with E-state index in [4.69, 9.17) is 4.84 Å². The van der Waals surface area contributed by atoms with Gasteiger partial charge < -0.3 is 9.74 Å². The zero-order valence-electron chi connectivity index (χ0n) is 13.1. The highest BCUT2D eigenvalue weighted by Gasteiger charge is 2.32. The third-order valence-corrected chi connectivity index (χ3v) is 4.45. The summed E-state index contributed by atoms with van der Waals surface area (Å²) < 4.78 is 13.0. The molecule has 1 atom stereocenters. The van der Waals surface area contributed by atoms with Crippen LogP contribution in [-0.2, 0) is 9.63 Å². The summed E-state index contributed by atoms with van der Waals surface area (Å²) in [6.07, 6.45) is 5.31. The number of hydrogen-bond donors (Lipinski definition) is 0. The molecule has 23 heavy (non-hydrogen) atoms. The predicted molar refractivity (Wildman–Crippen MR) is 86.5 cm³/mol. The highest BCUT2D eigenvalue weighted by molar-refractivity contribution is 6.01. The molecule has 0 unspecified atom stereocenters. The van der Waals surface area contributed by atoms with E-state index in [0.29, 0.717) is 19.5 Å². The Balaban J connectivity index is 1.59. The lowest BCUT2D eigenvalue weighted by Crippen LogP contribution is -2.43. The standard InChI is InChI=1S/C18H21FN2O2/c1-2-10-21(18(22)14-4-3-5-14)12-16-11-17(20-23-16)13-6-8-15(19)9-7-13/h2,6-9,14,16H,1,3-5,10-12H2/t16-/m1/s1. The third-order valence-electron chi connectivity index (χ3n) is 4.45. The van der Waals surface area contributed by atoms with Gasteiger partial charge in [-0.1, -0.05) is 29.8 Å². The largest absolute Gasteiger partial charge is 0.390 e. The van der Waals surface area contributed by atoms with Crippen LogP contribution in [0.1, 0.15) is 31.2 Å². The van der Waals surface area contributed by atoms with Gasteiger partial charge in [-0.15, -0.1) is 6.58 Å². The second kappa shape index (κ2) is 6.94. The maximum atomic E-state index is 13.0. The Morgan fingerprint density at radius 1 is 1.39 bits per heavy atom. The molecule has 1 aromatic carbocycles. The summed E-state index contributed by atoms with van der Waals surface area (Å²) >= 11 is 0. The maximum Gasteiger partial charge on any atom is 0.226 e. The number of halogens is 1. The molecule has 0 N–H and O–H groups in total. The Kier molecular flexibility index (Phi) is 4.74. The van der Waals surface area contributed by atoms with E-state index in [1.54, 1.807) is 18.2 Å². The number of rotatable bonds is 6. The van der Waals surface area contributed by atoms with Crippen LogP contribution in [-0.4, -0.2) is 35.7 Å². The lowest BCUT2D eigenvalue weighted by atomic mass is 9.84. The molecule has 1 heterocycles. The van der Waals surface area contributed by atoms with E-state index in [9.17, 15) is 9.18 Å². The van der Waals surface area contributed by atoms with Gasteiger partial charge in [-0.2, -0.15) is 0 Å². The number of carbonyl (C=O) groups excluding carboxylic acids is 1. The van der Waals surface area contributed by atoms with Crippen molar-refractivity contribution in [1.29, 1.82) is 0 Å². The van der Waals surface area contributed by atoms with Gasteiger partial charge in [-0.25, -0.2) is 4.39 Å². The number of hydrogen-bond acceptors (Lipinski definition) is 3. The van der Waals surface area contributed by atoms with Crippen molar-refractivity contribution >= 4 is 11.6 Å². The average Bonchev–Trinajstić information content (AvgIpc) is 2.94. The molecule has 1 aliphatic heterocycles. The minimum Gasteiger partial charge on any atom is -0.390 e. The first-order valence-corrected chi connectivity index (χ1v) is 8.05. The predicted octanol–water partition coefficient (Wildman–Crippen LogP) is 3.13. The normalized spacial score (nSPS) is 20.4. The minimum absolute atomic E-state index is 0.154. The smallest absolute Gasteiger partial charge is 0.226 e. The fourth-order valence-corrected chi connectivity index (χ4v) is 2.91. The lowest BCUT2D eigenvalue weighted by molar-refractivity contribution is -0.139. The van der Waals surface area contributed by atoms with Crippen LogP contribution in [0, 0.1) is 11.7 Å². The molecule has 4 nitrogen and oxygen atoms in total. The molecule has 0 saturated heterocycles. The van der Waals surface area contributed by atoms with Crippen LogP contribution < -0.4 is 0 Å². The van der Waals surface area contributed by atoms with Gasteiger partial charge in [0.15, 0.2) is 6.10 Å². The molecule has 2 aliphatic rings. The quantitative estimate of drug-likeness (QED) is 0.757. The Hall–Kier alpha value is -2.17. The van der Waals surface area contributed by atoms with Crippen molar-refractivity contribution in [1.82, 2.24) is 4.90 Å². The van der Waals surface area contributed by atoms with Crippen LogP contribution >= 0.6 is 0 Å². The zero-order chi connectivity index (χ0) is 16.2. The Morgan fingerprint density at radius 2 is 2.13 bits per heavy atom. The number of amides is 1. The van der Waals surface area contributed by atoms with Gasteiger partial charge in [0, 0.05) is 18.9 Å². The van der Waals surface area contributed by atoms with E-state index >= 15 is 0 Å². The van der Waals surface area contributed by atoms with Gasteiger partial charge in [-0.05, 0) is 30.5 Å². The van der Waals surface area contributed by atoms with Gasteiger partial charge in [0.05, 0.1) is 12.3 Å². The van der Waals surface area contributed by atoms with E-state index in [2.05, 4.69) is 11.7 Å². The second-order valence-corrected chi connectivity index (χ2v) is 6.14.